The van der Waals surface area contributed by atoms with E-state index in [1.54, 1.807) is 34.9 Å². The third-order valence-corrected chi connectivity index (χ3v) is 5.86. The molecule has 0 aliphatic heterocycles. The van der Waals surface area contributed by atoms with Crippen LogP contribution in [0.25, 0.3) is 0 Å². The van der Waals surface area contributed by atoms with Gasteiger partial charge in [0.25, 0.3) is 0 Å². The Labute approximate surface area is 102 Å². The highest BCUT2D eigenvalue weighted by Gasteiger charge is 2.42. The molecule has 1 saturated carbocycles. The summed E-state index contributed by atoms with van der Waals surface area (Å²) in [4.78, 5) is 0. The second kappa shape index (κ2) is 4.73. The summed E-state index contributed by atoms with van der Waals surface area (Å²) >= 11 is 5.01. The minimum absolute atomic E-state index is 0.296. The van der Waals surface area contributed by atoms with E-state index in [0.717, 1.165) is 14.4 Å². The van der Waals surface area contributed by atoms with E-state index in [0.29, 0.717) is 11.8 Å². The molecule has 1 fully saturated rings. The summed E-state index contributed by atoms with van der Waals surface area (Å²) in [6.07, 6.45) is 5.09. The molecular weight excluding hydrogens is 246 g/mol. The van der Waals surface area contributed by atoms with Gasteiger partial charge in [-0.3, -0.25) is 0 Å². The van der Waals surface area contributed by atoms with E-state index < -0.39 is 0 Å². The maximum absolute atomic E-state index is 8.69. The molecule has 0 radical (unpaired) electrons. The number of thioether (sulfide) groups is 2. The van der Waals surface area contributed by atoms with Crippen LogP contribution in [-0.4, -0.2) is 22.2 Å². The Morgan fingerprint density at radius 3 is 2.73 bits per heavy atom. The topological polar surface area (TPSA) is 49.6 Å². The molecule has 0 spiro atoms. The van der Waals surface area contributed by atoms with Crippen molar-refractivity contribution < 1.29 is 0 Å². The standard InChI is InChI=1S/C9H11N3S3/c1-13-7-11-12-8(15-7)14-6-9(2-3-9)4-5-10/h2-4,6H2,1H3. The summed E-state index contributed by atoms with van der Waals surface area (Å²) in [5.74, 6) is 1.02. The molecule has 15 heavy (non-hydrogen) atoms. The predicted molar refractivity (Wildman–Crippen MR) is 64.3 cm³/mol. The number of rotatable bonds is 5. The maximum atomic E-state index is 8.69. The van der Waals surface area contributed by atoms with Gasteiger partial charge in [-0.15, -0.1) is 10.2 Å². The zero-order valence-corrected chi connectivity index (χ0v) is 10.8. The first kappa shape index (κ1) is 11.2. The van der Waals surface area contributed by atoms with Crippen molar-refractivity contribution in [3.05, 3.63) is 0 Å². The van der Waals surface area contributed by atoms with Crippen molar-refractivity contribution in [1.29, 1.82) is 5.26 Å². The lowest BCUT2D eigenvalue weighted by molar-refractivity contribution is 0.604. The molecule has 0 unspecified atom stereocenters. The van der Waals surface area contributed by atoms with Crippen LogP contribution in [0.1, 0.15) is 19.3 Å². The molecule has 1 aliphatic carbocycles. The molecule has 1 aromatic heterocycles. The Kier molecular flexibility index (Phi) is 3.54. The summed E-state index contributed by atoms with van der Waals surface area (Å²) in [5.41, 5.74) is 0.296. The van der Waals surface area contributed by atoms with Crippen molar-refractivity contribution in [3.8, 4) is 6.07 Å². The Balaban J connectivity index is 1.85. The van der Waals surface area contributed by atoms with Gasteiger partial charge in [-0.2, -0.15) is 5.26 Å². The number of nitriles is 1. The smallest absolute Gasteiger partial charge is 0.175 e. The molecule has 0 aromatic carbocycles. The van der Waals surface area contributed by atoms with Gasteiger partial charge >= 0.3 is 0 Å². The van der Waals surface area contributed by atoms with E-state index in [-0.39, 0.29) is 0 Å². The van der Waals surface area contributed by atoms with Crippen molar-refractivity contribution in [2.75, 3.05) is 12.0 Å². The molecule has 80 valence electrons. The molecule has 6 heteroatoms. The molecule has 0 bridgehead atoms. The van der Waals surface area contributed by atoms with Gasteiger partial charge in [0.1, 0.15) is 0 Å². The zero-order chi connectivity index (χ0) is 10.7. The minimum atomic E-state index is 0.296. The number of aromatic nitrogens is 2. The van der Waals surface area contributed by atoms with Crippen LogP contribution in [0.5, 0.6) is 0 Å². The Morgan fingerprint density at radius 1 is 1.47 bits per heavy atom. The van der Waals surface area contributed by atoms with Crippen molar-refractivity contribution in [1.82, 2.24) is 10.2 Å². The molecule has 0 atom stereocenters. The van der Waals surface area contributed by atoms with Crippen LogP contribution < -0.4 is 0 Å². The van der Waals surface area contributed by atoms with Crippen molar-refractivity contribution >= 4 is 34.9 Å². The fourth-order valence-corrected chi connectivity index (χ4v) is 4.00. The van der Waals surface area contributed by atoms with E-state index in [1.807, 2.05) is 6.26 Å². The van der Waals surface area contributed by atoms with Gasteiger partial charge in [0.2, 0.25) is 0 Å². The lowest BCUT2D eigenvalue weighted by Gasteiger charge is -2.07. The average molecular weight is 257 g/mol. The molecule has 2 rings (SSSR count). The van der Waals surface area contributed by atoms with Crippen LogP contribution in [-0.2, 0) is 0 Å². The third kappa shape index (κ3) is 2.86. The van der Waals surface area contributed by atoms with E-state index in [9.17, 15) is 0 Å². The molecule has 0 amide bonds. The highest BCUT2D eigenvalue weighted by atomic mass is 32.2. The molecule has 1 heterocycles. The molecule has 0 N–H and O–H groups in total. The molecule has 0 saturated heterocycles. The average Bonchev–Trinajstić information content (AvgIpc) is 2.86. The van der Waals surface area contributed by atoms with Crippen LogP contribution in [0.3, 0.4) is 0 Å². The largest absolute Gasteiger partial charge is 0.198 e. The Morgan fingerprint density at radius 2 is 2.20 bits per heavy atom. The summed E-state index contributed by atoms with van der Waals surface area (Å²) in [6, 6.07) is 2.27. The van der Waals surface area contributed by atoms with E-state index in [1.165, 1.54) is 12.8 Å². The summed E-state index contributed by atoms with van der Waals surface area (Å²) < 4.78 is 2.05. The van der Waals surface area contributed by atoms with Gasteiger partial charge in [0.15, 0.2) is 8.68 Å². The quantitative estimate of drug-likeness (QED) is 0.759. The van der Waals surface area contributed by atoms with Crippen molar-refractivity contribution in [2.24, 2.45) is 5.41 Å². The molecule has 3 nitrogen and oxygen atoms in total. The second-order valence-electron chi connectivity index (χ2n) is 3.66. The summed E-state index contributed by atoms with van der Waals surface area (Å²) in [5, 5.41) is 16.8. The van der Waals surface area contributed by atoms with Crippen LogP contribution in [0, 0.1) is 16.7 Å². The third-order valence-electron chi connectivity index (χ3n) is 2.48. The molecular formula is C9H11N3S3. The first-order chi connectivity index (χ1) is 7.28. The van der Waals surface area contributed by atoms with E-state index in [4.69, 9.17) is 5.26 Å². The first-order valence-corrected chi connectivity index (χ1v) is 7.68. The first-order valence-electron chi connectivity index (χ1n) is 4.65. The minimum Gasteiger partial charge on any atom is -0.198 e. The Hall–Kier alpha value is -0.250. The number of hydrogen-bond acceptors (Lipinski definition) is 6. The molecule has 1 aliphatic rings. The van der Waals surface area contributed by atoms with Crippen LogP contribution >= 0.6 is 34.9 Å². The zero-order valence-electron chi connectivity index (χ0n) is 8.39. The lowest BCUT2D eigenvalue weighted by Crippen LogP contribution is -2.01. The summed E-state index contributed by atoms with van der Waals surface area (Å²) in [7, 11) is 0. The highest BCUT2D eigenvalue weighted by Crippen LogP contribution is 2.51. The number of hydrogen-bond donors (Lipinski definition) is 0. The fraction of sp³-hybridized carbons (Fsp3) is 0.667. The maximum Gasteiger partial charge on any atom is 0.175 e. The lowest BCUT2D eigenvalue weighted by atomic mass is 10.1. The van der Waals surface area contributed by atoms with Crippen LogP contribution in [0.15, 0.2) is 8.68 Å². The predicted octanol–water partition coefficient (Wildman–Crippen LogP) is 3.05. The van der Waals surface area contributed by atoms with E-state index >= 15 is 0 Å². The van der Waals surface area contributed by atoms with E-state index in [2.05, 4.69) is 16.3 Å². The highest BCUT2D eigenvalue weighted by molar-refractivity contribution is 8.03. The fourth-order valence-electron chi connectivity index (χ4n) is 1.27. The van der Waals surface area contributed by atoms with Gasteiger partial charge in [0, 0.05) is 12.2 Å². The molecule has 1 aromatic rings. The summed E-state index contributed by atoms with van der Waals surface area (Å²) in [6.45, 7) is 0. The van der Waals surface area contributed by atoms with Crippen LogP contribution in [0.2, 0.25) is 0 Å². The Bertz CT molecular complexity index is 378. The number of nitrogens with zero attached hydrogens (tertiary/aromatic N) is 3. The van der Waals surface area contributed by atoms with Gasteiger partial charge < -0.3 is 0 Å². The SMILES string of the molecule is CSc1nnc(SCC2(CC#N)CC2)s1. The van der Waals surface area contributed by atoms with Crippen LogP contribution in [0.4, 0.5) is 0 Å². The normalized spacial score (nSPS) is 17.3. The van der Waals surface area contributed by atoms with Gasteiger partial charge in [-0.05, 0) is 24.5 Å². The van der Waals surface area contributed by atoms with Gasteiger partial charge in [-0.1, -0.05) is 34.9 Å². The van der Waals surface area contributed by atoms with Crippen molar-refractivity contribution in [2.45, 2.75) is 27.9 Å². The van der Waals surface area contributed by atoms with Gasteiger partial charge in [-0.25, -0.2) is 0 Å². The second-order valence-corrected chi connectivity index (χ2v) is 6.91. The van der Waals surface area contributed by atoms with Crippen molar-refractivity contribution in [3.63, 3.8) is 0 Å². The van der Waals surface area contributed by atoms with Gasteiger partial charge in [0.05, 0.1) is 6.07 Å². The monoisotopic (exact) mass is 257 g/mol.